The van der Waals surface area contributed by atoms with Crippen LogP contribution in [0, 0.1) is 0 Å². The van der Waals surface area contributed by atoms with E-state index in [4.69, 9.17) is 16.0 Å². The summed E-state index contributed by atoms with van der Waals surface area (Å²) in [5, 5.41) is 0.513. The fourth-order valence-electron chi connectivity index (χ4n) is 2.62. The van der Waals surface area contributed by atoms with Crippen LogP contribution in [-0.2, 0) is 4.79 Å². The van der Waals surface area contributed by atoms with E-state index in [2.05, 4.69) is 4.98 Å². The molecular formula is C18H13ClN2O2S. The van der Waals surface area contributed by atoms with Gasteiger partial charge in [-0.2, -0.15) is 4.98 Å². The van der Waals surface area contributed by atoms with Crippen molar-refractivity contribution in [1.29, 1.82) is 0 Å². The molecule has 24 heavy (non-hydrogen) atoms. The van der Waals surface area contributed by atoms with Gasteiger partial charge in [0.2, 0.25) is 5.91 Å². The highest BCUT2D eigenvalue weighted by Crippen LogP contribution is 2.42. The third-order valence-corrected chi connectivity index (χ3v) is 5.26. The number of hydrogen-bond acceptors (Lipinski definition) is 4. The van der Waals surface area contributed by atoms with Gasteiger partial charge in [0.05, 0.1) is 5.75 Å². The van der Waals surface area contributed by atoms with Gasteiger partial charge < -0.3 is 4.42 Å². The van der Waals surface area contributed by atoms with Gasteiger partial charge in [-0.25, -0.2) is 4.90 Å². The molecule has 0 N–H and O–H groups in total. The summed E-state index contributed by atoms with van der Waals surface area (Å²) in [6.07, 6.45) is 1.58. The zero-order valence-electron chi connectivity index (χ0n) is 12.6. The summed E-state index contributed by atoms with van der Waals surface area (Å²) in [5.74, 6) is 0.387. The van der Waals surface area contributed by atoms with Crippen LogP contribution in [0.1, 0.15) is 10.9 Å². The topological polar surface area (TPSA) is 46.3 Å². The second kappa shape index (κ2) is 6.34. The van der Waals surface area contributed by atoms with Gasteiger partial charge in [-0.1, -0.05) is 54.1 Å². The molecule has 1 aromatic heterocycles. The Labute approximate surface area is 148 Å². The van der Waals surface area contributed by atoms with Gasteiger partial charge in [-0.15, -0.1) is 11.8 Å². The van der Waals surface area contributed by atoms with Crippen LogP contribution in [0.2, 0.25) is 5.02 Å². The van der Waals surface area contributed by atoms with E-state index < -0.39 is 0 Å². The Morgan fingerprint density at radius 2 is 1.88 bits per heavy atom. The molecule has 1 unspecified atom stereocenters. The first-order valence-electron chi connectivity index (χ1n) is 7.42. The lowest BCUT2D eigenvalue weighted by Crippen LogP contribution is -2.28. The molecule has 1 aliphatic rings. The Hall–Kier alpha value is -2.24. The van der Waals surface area contributed by atoms with Gasteiger partial charge in [0.25, 0.3) is 0 Å². The standard InChI is InChI=1S/C18H13ClN2O2S/c19-14-8-6-13(7-9-14)17-21(16(22)11-24-17)18-20-15(10-23-18)12-4-2-1-3-5-12/h1-10,17H,11H2. The van der Waals surface area contributed by atoms with Crippen LogP contribution in [-0.4, -0.2) is 16.6 Å². The van der Waals surface area contributed by atoms with Crippen molar-refractivity contribution in [2.75, 3.05) is 10.7 Å². The summed E-state index contributed by atoms with van der Waals surface area (Å²) >= 11 is 7.50. The van der Waals surface area contributed by atoms with Crippen LogP contribution in [0.25, 0.3) is 11.3 Å². The number of aromatic nitrogens is 1. The van der Waals surface area contributed by atoms with Crippen molar-refractivity contribution < 1.29 is 9.21 Å². The lowest BCUT2D eigenvalue weighted by atomic mass is 10.2. The molecule has 0 radical (unpaired) electrons. The number of halogens is 1. The number of benzene rings is 2. The van der Waals surface area contributed by atoms with Crippen molar-refractivity contribution >= 4 is 35.3 Å². The molecule has 2 aromatic carbocycles. The highest BCUT2D eigenvalue weighted by atomic mass is 35.5. The fraction of sp³-hybridized carbons (Fsp3) is 0.111. The van der Waals surface area contributed by atoms with Crippen LogP contribution >= 0.6 is 23.4 Å². The largest absolute Gasteiger partial charge is 0.431 e. The van der Waals surface area contributed by atoms with Crippen molar-refractivity contribution in [2.24, 2.45) is 0 Å². The van der Waals surface area contributed by atoms with Gasteiger partial charge in [-0.05, 0) is 17.7 Å². The quantitative estimate of drug-likeness (QED) is 0.678. The number of carbonyl (C=O) groups is 1. The Kier molecular flexibility index (Phi) is 4.04. The number of amides is 1. The van der Waals surface area contributed by atoms with E-state index >= 15 is 0 Å². The average Bonchev–Trinajstić information content (AvgIpc) is 3.23. The average molecular weight is 357 g/mol. The highest BCUT2D eigenvalue weighted by molar-refractivity contribution is 8.00. The minimum absolute atomic E-state index is 0.0126. The normalized spacial score (nSPS) is 17.5. The maximum atomic E-state index is 12.4. The Morgan fingerprint density at radius 1 is 1.12 bits per heavy atom. The number of rotatable bonds is 3. The summed E-state index contributed by atoms with van der Waals surface area (Å²) in [6, 6.07) is 17.6. The third-order valence-electron chi connectivity index (χ3n) is 3.79. The number of carbonyl (C=O) groups excluding carboxylic acids is 1. The maximum Gasteiger partial charge on any atom is 0.305 e. The van der Waals surface area contributed by atoms with Crippen LogP contribution in [0.4, 0.5) is 6.01 Å². The van der Waals surface area contributed by atoms with Crippen LogP contribution in [0.5, 0.6) is 0 Å². The summed E-state index contributed by atoms with van der Waals surface area (Å²) in [4.78, 5) is 18.5. The van der Waals surface area contributed by atoms with E-state index in [1.165, 1.54) is 0 Å². The Morgan fingerprint density at radius 3 is 2.62 bits per heavy atom. The monoisotopic (exact) mass is 356 g/mol. The van der Waals surface area contributed by atoms with E-state index in [9.17, 15) is 4.79 Å². The van der Waals surface area contributed by atoms with Gasteiger partial charge in [0, 0.05) is 10.6 Å². The third kappa shape index (κ3) is 2.81. The molecule has 4 rings (SSSR count). The molecule has 1 amide bonds. The van der Waals surface area contributed by atoms with Gasteiger partial charge >= 0.3 is 6.01 Å². The molecule has 1 saturated heterocycles. The van der Waals surface area contributed by atoms with E-state index in [1.54, 1.807) is 22.9 Å². The number of oxazole rings is 1. The van der Waals surface area contributed by atoms with Crippen molar-refractivity contribution in [3.05, 3.63) is 71.4 Å². The fourth-order valence-corrected chi connectivity index (χ4v) is 3.89. The van der Waals surface area contributed by atoms with E-state index in [-0.39, 0.29) is 11.3 Å². The Bertz CT molecular complexity index is 864. The van der Waals surface area contributed by atoms with Crippen LogP contribution in [0.15, 0.2) is 65.3 Å². The van der Waals surface area contributed by atoms with E-state index in [0.29, 0.717) is 22.5 Å². The molecule has 2 heterocycles. The smallest absolute Gasteiger partial charge is 0.305 e. The van der Waals surface area contributed by atoms with Crippen molar-refractivity contribution in [3.63, 3.8) is 0 Å². The molecule has 0 aliphatic carbocycles. The lowest BCUT2D eigenvalue weighted by Gasteiger charge is -2.20. The molecule has 1 fully saturated rings. The molecule has 0 bridgehead atoms. The number of hydrogen-bond donors (Lipinski definition) is 0. The minimum atomic E-state index is -0.156. The first-order chi connectivity index (χ1) is 11.7. The van der Waals surface area contributed by atoms with E-state index in [0.717, 1.165) is 11.1 Å². The van der Waals surface area contributed by atoms with Crippen LogP contribution in [0.3, 0.4) is 0 Å². The SMILES string of the molecule is O=C1CSC(c2ccc(Cl)cc2)N1c1nc(-c2ccccc2)co1. The minimum Gasteiger partial charge on any atom is -0.431 e. The molecule has 120 valence electrons. The molecule has 0 saturated carbocycles. The number of anilines is 1. The van der Waals surface area contributed by atoms with Gasteiger partial charge in [-0.3, -0.25) is 4.79 Å². The van der Waals surface area contributed by atoms with E-state index in [1.807, 2.05) is 54.6 Å². The molecule has 0 spiro atoms. The lowest BCUT2D eigenvalue weighted by molar-refractivity contribution is -0.116. The molecule has 1 aliphatic heterocycles. The number of nitrogens with zero attached hydrogens (tertiary/aromatic N) is 2. The Balaban J connectivity index is 1.67. The summed E-state index contributed by atoms with van der Waals surface area (Å²) in [7, 11) is 0. The molecule has 3 aromatic rings. The maximum absolute atomic E-state index is 12.4. The first kappa shape index (κ1) is 15.3. The summed E-state index contributed by atoms with van der Waals surface area (Å²) in [5.41, 5.74) is 2.66. The summed E-state index contributed by atoms with van der Waals surface area (Å²) in [6.45, 7) is 0. The molecular weight excluding hydrogens is 344 g/mol. The molecule has 4 nitrogen and oxygen atoms in total. The molecule has 1 atom stereocenters. The van der Waals surface area contributed by atoms with Gasteiger partial charge in [0.15, 0.2) is 0 Å². The van der Waals surface area contributed by atoms with Crippen molar-refractivity contribution in [2.45, 2.75) is 5.37 Å². The zero-order chi connectivity index (χ0) is 16.5. The predicted molar refractivity (Wildman–Crippen MR) is 96.1 cm³/mol. The molecule has 6 heteroatoms. The highest BCUT2D eigenvalue weighted by Gasteiger charge is 2.37. The van der Waals surface area contributed by atoms with Crippen molar-refractivity contribution in [1.82, 2.24) is 4.98 Å². The number of thioether (sulfide) groups is 1. The van der Waals surface area contributed by atoms with Gasteiger partial charge in [0.1, 0.15) is 17.3 Å². The predicted octanol–water partition coefficient (Wildman–Crippen LogP) is 4.77. The second-order valence-electron chi connectivity index (χ2n) is 5.36. The second-order valence-corrected chi connectivity index (χ2v) is 6.86. The van der Waals surface area contributed by atoms with Crippen molar-refractivity contribution in [3.8, 4) is 11.3 Å². The van der Waals surface area contributed by atoms with Crippen LogP contribution < -0.4 is 4.90 Å². The summed E-state index contributed by atoms with van der Waals surface area (Å²) < 4.78 is 5.60. The zero-order valence-corrected chi connectivity index (χ0v) is 14.1. The first-order valence-corrected chi connectivity index (χ1v) is 8.85.